The minimum absolute atomic E-state index is 0.283. The average molecular weight is 531 g/mol. The second kappa shape index (κ2) is 10.2. The van der Waals surface area contributed by atoms with Crippen LogP contribution in [0.4, 0.5) is 9.18 Å². The molecule has 1 unspecified atom stereocenters. The number of H-pyrrole nitrogens is 1. The normalized spacial score (nSPS) is 14.9. The minimum atomic E-state index is -0.510. The van der Waals surface area contributed by atoms with Crippen LogP contribution in [0, 0.1) is 5.82 Å². The van der Waals surface area contributed by atoms with E-state index in [4.69, 9.17) is 21.1 Å². The molecule has 192 valence electrons. The van der Waals surface area contributed by atoms with E-state index in [1.807, 2.05) is 53.2 Å². The molecule has 1 aliphatic rings. The van der Waals surface area contributed by atoms with Crippen molar-refractivity contribution in [2.75, 3.05) is 13.2 Å². The maximum atomic E-state index is 13.4. The molecule has 9 heteroatoms. The van der Waals surface area contributed by atoms with E-state index in [-0.39, 0.29) is 5.75 Å². The minimum Gasteiger partial charge on any atom is -0.492 e. The first-order valence-electron chi connectivity index (χ1n) is 12.3. The highest BCUT2D eigenvalue weighted by molar-refractivity contribution is 6.31. The van der Waals surface area contributed by atoms with Crippen molar-refractivity contribution >= 4 is 28.6 Å². The van der Waals surface area contributed by atoms with Gasteiger partial charge in [-0.15, -0.1) is 0 Å². The molecule has 0 fully saturated rings. The van der Waals surface area contributed by atoms with E-state index in [2.05, 4.69) is 9.97 Å². The number of benzene rings is 3. The number of carbonyl (C=O) groups is 1. The third-order valence-corrected chi connectivity index (χ3v) is 6.95. The van der Waals surface area contributed by atoms with Crippen LogP contribution >= 0.6 is 11.6 Å². The molecule has 1 aliphatic heterocycles. The standard InChI is InChI=1S/C29H24ClFN4O3/c30-20-3-10-26-25(17-20)24-11-13-35(29(36)38-23-8-4-21(31)5-9-23)28(27(24)33-26)19-1-6-22(7-2-19)37-16-15-34-14-12-32-18-34/h1-10,12,14,17-18,28,33H,11,13,15-16H2. The number of nitrogens with one attached hydrogen (secondary N) is 1. The first-order chi connectivity index (χ1) is 18.5. The number of aromatic nitrogens is 3. The maximum Gasteiger partial charge on any atom is 0.416 e. The number of amides is 1. The number of halogens is 2. The monoisotopic (exact) mass is 530 g/mol. The molecule has 2 aromatic heterocycles. The number of aromatic amines is 1. The predicted molar refractivity (Wildman–Crippen MR) is 142 cm³/mol. The van der Waals surface area contributed by atoms with Gasteiger partial charge in [0.2, 0.25) is 0 Å². The molecule has 1 atom stereocenters. The zero-order valence-corrected chi connectivity index (χ0v) is 21.1. The summed E-state index contributed by atoms with van der Waals surface area (Å²) in [6.45, 7) is 1.64. The van der Waals surface area contributed by atoms with Gasteiger partial charge in [0.15, 0.2) is 0 Å². The van der Waals surface area contributed by atoms with Crippen LogP contribution in [0.25, 0.3) is 10.9 Å². The molecule has 3 heterocycles. The van der Waals surface area contributed by atoms with Crippen LogP contribution in [0.3, 0.4) is 0 Å². The largest absolute Gasteiger partial charge is 0.492 e. The van der Waals surface area contributed by atoms with Crippen molar-refractivity contribution in [3.05, 3.63) is 113 Å². The Kier molecular flexibility index (Phi) is 6.47. The topological polar surface area (TPSA) is 72.4 Å². The number of nitrogens with zero attached hydrogens (tertiary/aromatic N) is 3. The van der Waals surface area contributed by atoms with Gasteiger partial charge in [0.05, 0.1) is 12.9 Å². The maximum absolute atomic E-state index is 13.4. The molecule has 38 heavy (non-hydrogen) atoms. The van der Waals surface area contributed by atoms with E-state index in [1.165, 1.54) is 24.3 Å². The Balaban J connectivity index is 1.30. The molecule has 1 amide bonds. The van der Waals surface area contributed by atoms with E-state index in [0.717, 1.165) is 33.5 Å². The van der Waals surface area contributed by atoms with Crippen molar-refractivity contribution in [1.82, 2.24) is 19.4 Å². The highest BCUT2D eigenvalue weighted by atomic mass is 35.5. The van der Waals surface area contributed by atoms with Crippen molar-refractivity contribution in [2.24, 2.45) is 0 Å². The van der Waals surface area contributed by atoms with E-state index in [9.17, 15) is 9.18 Å². The lowest BCUT2D eigenvalue weighted by Crippen LogP contribution is -2.42. The van der Waals surface area contributed by atoms with Gasteiger partial charge < -0.3 is 19.0 Å². The number of hydrogen-bond donors (Lipinski definition) is 1. The van der Waals surface area contributed by atoms with E-state index < -0.39 is 18.0 Å². The molecule has 1 N–H and O–H groups in total. The molecule has 0 saturated heterocycles. The molecular weight excluding hydrogens is 507 g/mol. The van der Waals surface area contributed by atoms with Gasteiger partial charge in [0, 0.05) is 40.6 Å². The quantitative estimate of drug-likeness (QED) is 0.276. The number of imidazole rings is 1. The Hall–Kier alpha value is -4.30. The third-order valence-electron chi connectivity index (χ3n) is 6.72. The van der Waals surface area contributed by atoms with Gasteiger partial charge in [-0.1, -0.05) is 23.7 Å². The number of ether oxygens (including phenoxy) is 2. The van der Waals surface area contributed by atoms with E-state index in [0.29, 0.717) is 31.1 Å². The predicted octanol–water partition coefficient (Wildman–Crippen LogP) is 6.38. The molecule has 0 aliphatic carbocycles. The van der Waals surface area contributed by atoms with Crippen molar-refractivity contribution < 1.29 is 18.7 Å². The Labute approximate surface area is 223 Å². The molecule has 0 spiro atoms. The van der Waals surface area contributed by atoms with Crippen LogP contribution in [0.5, 0.6) is 11.5 Å². The van der Waals surface area contributed by atoms with Crippen LogP contribution in [0.2, 0.25) is 5.02 Å². The fourth-order valence-electron chi connectivity index (χ4n) is 4.90. The zero-order chi connectivity index (χ0) is 26.1. The smallest absolute Gasteiger partial charge is 0.416 e. The summed E-state index contributed by atoms with van der Waals surface area (Å²) in [6, 6.07) is 18.5. The summed E-state index contributed by atoms with van der Waals surface area (Å²) >= 11 is 6.30. The molecule has 7 nitrogen and oxygen atoms in total. The second-order valence-electron chi connectivity index (χ2n) is 9.09. The Bertz CT molecular complexity index is 1570. The van der Waals surface area contributed by atoms with Crippen molar-refractivity contribution in [1.29, 1.82) is 0 Å². The van der Waals surface area contributed by atoms with Gasteiger partial charge >= 0.3 is 6.09 Å². The van der Waals surface area contributed by atoms with Crippen LogP contribution < -0.4 is 9.47 Å². The van der Waals surface area contributed by atoms with E-state index >= 15 is 0 Å². The molecule has 0 bridgehead atoms. The fraction of sp³-hybridized carbons (Fsp3) is 0.172. The van der Waals surface area contributed by atoms with Gasteiger partial charge in [-0.05, 0) is 72.1 Å². The van der Waals surface area contributed by atoms with Gasteiger partial charge in [-0.3, -0.25) is 4.90 Å². The Morgan fingerprint density at radius 2 is 1.87 bits per heavy atom. The first kappa shape index (κ1) is 24.1. The van der Waals surface area contributed by atoms with Gasteiger partial charge in [-0.25, -0.2) is 14.2 Å². The summed E-state index contributed by atoms with van der Waals surface area (Å²) in [5.74, 6) is 0.620. The summed E-state index contributed by atoms with van der Waals surface area (Å²) in [4.78, 5) is 22.6. The lowest BCUT2D eigenvalue weighted by Gasteiger charge is -2.35. The first-order valence-corrected chi connectivity index (χ1v) is 12.7. The van der Waals surface area contributed by atoms with E-state index in [1.54, 1.807) is 17.4 Å². The lowest BCUT2D eigenvalue weighted by molar-refractivity contribution is 0.135. The lowest BCUT2D eigenvalue weighted by atomic mass is 9.92. The van der Waals surface area contributed by atoms with Gasteiger partial charge in [0.25, 0.3) is 0 Å². The van der Waals surface area contributed by atoms with Crippen LogP contribution in [-0.2, 0) is 13.0 Å². The molecule has 5 aromatic rings. The third kappa shape index (κ3) is 4.82. The second-order valence-corrected chi connectivity index (χ2v) is 9.53. The van der Waals surface area contributed by atoms with Crippen molar-refractivity contribution in [3.8, 4) is 11.5 Å². The fourth-order valence-corrected chi connectivity index (χ4v) is 5.07. The summed E-state index contributed by atoms with van der Waals surface area (Å²) in [7, 11) is 0. The molecule has 3 aromatic carbocycles. The zero-order valence-electron chi connectivity index (χ0n) is 20.3. The number of fused-ring (bicyclic) bond motifs is 3. The summed E-state index contributed by atoms with van der Waals surface area (Å²) in [6.07, 6.45) is 5.50. The van der Waals surface area contributed by atoms with Crippen LogP contribution in [-0.4, -0.2) is 38.7 Å². The highest BCUT2D eigenvalue weighted by Crippen LogP contribution is 2.40. The molecular formula is C29H24ClFN4O3. The number of hydrogen-bond acceptors (Lipinski definition) is 4. The molecule has 0 saturated carbocycles. The molecule has 0 radical (unpaired) electrons. The van der Waals surface area contributed by atoms with Crippen molar-refractivity contribution in [3.63, 3.8) is 0 Å². The average Bonchev–Trinajstić information content (AvgIpc) is 3.57. The number of carbonyl (C=O) groups excluding carboxylic acids is 1. The van der Waals surface area contributed by atoms with Crippen molar-refractivity contribution in [2.45, 2.75) is 19.0 Å². The molecule has 6 rings (SSSR count). The Morgan fingerprint density at radius 1 is 1.08 bits per heavy atom. The summed E-state index contributed by atoms with van der Waals surface area (Å²) in [5, 5.41) is 1.70. The van der Waals surface area contributed by atoms with Crippen LogP contribution in [0.15, 0.2) is 85.5 Å². The van der Waals surface area contributed by atoms with Crippen LogP contribution in [0.1, 0.15) is 22.9 Å². The summed E-state index contributed by atoms with van der Waals surface area (Å²) < 4.78 is 26.9. The Morgan fingerprint density at radius 3 is 2.63 bits per heavy atom. The van der Waals surface area contributed by atoms with Gasteiger partial charge in [-0.2, -0.15) is 0 Å². The highest BCUT2D eigenvalue weighted by Gasteiger charge is 2.35. The number of rotatable bonds is 6. The summed E-state index contributed by atoms with van der Waals surface area (Å²) in [5.41, 5.74) is 3.90. The SMILES string of the molecule is O=C(Oc1ccc(F)cc1)N1CCc2c([nH]c3ccc(Cl)cc23)C1c1ccc(OCCn2ccnc2)cc1. The van der Waals surface area contributed by atoms with Gasteiger partial charge in [0.1, 0.15) is 30.0 Å².